The van der Waals surface area contributed by atoms with E-state index in [9.17, 15) is 9.90 Å². The van der Waals surface area contributed by atoms with E-state index in [-0.39, 0.29) is 13.0 Å². The van der Waals surface area contributed by atoms with Crippen molar-refractivity contribution in [3.05, 3.63) is 0 Å². The van der Waals surface area contributed by atoms with Crippen molar-refractivity contribution in [1.29, 1.82) is 0 Å². The zero-order valence-electron chi connectivity index (χ0n) is 7.69. The summed E-state index contributed by atoms with van der Waals surface area (Å²) in [5.74, 6) is -1.72. The van der Waals surface area contributed by atoms with Gasteiger partial charge in [0, 0.05) is 0 Å². The lowest BCUT2D eigenvalue weighted by Crippen LogP contribution is -2.36. The van der Waals surface area contributed by atoms with Gasteiger partial charge in [-0.1, -0.05) is 0 Å². The van der Waals surface area contributed by atoms with Gasteiger partial charge in [-0.2, -0.15) is 0 Å². The molecule has 2 N–H and O–H groups in total. The van der Waals surface area contributed by atoms with E-state index in [0.717, 1.165) is 0 Å². The zero-order chi connectivity index (χ0) is 10.1. The second kappa shape index (κ2) is 3.61. The van der Waals surface area contributed by atoms with Crippen molar-refractivity contribution in [3.8, 4) is 0 Å². The highest BCUT2D eigenvalue weighted by Gasteiger charge is 2.38. The van der Waals surface area contributed by atoms with E-state index in [1.807, 2.05) is 0 Å². The Bertz CT molecular complexity index is 195. The van der Waals surface area contributed by atoms with Crippen LogP contribution in [0.3, 0.4) is 0 Å². The van der Waals surface area contributed by atoms with Crippen LogP contribution < -0.4 is 0 Å². The van der Waals surface area contributed by atoms with Gasteiger partial charge in [0.2, 0.25) is 0 Å². The molecule has 0 spiro atoms. The smallest absolute Gasteiger partial charge is 0.309 e. The Morgan fingerprint density at radius 2 is 2.31 bits per heavy atom. The Morgan fingerprint density at radius 1 is 1.69 bits per heavy atom. The van der Waals surface area contributed by atoms with E-state index in [2.05, 4.69) is 0 Å². The largest absolute Gasteiger partial charge is 0.457 e. The molecule has 2 atom stereocenters. The lowest BCUT2D eigenvalue weighted by atomic mass is 10.2. The zero-order valence-corrected chi connectivity index (χ0v) is 7.69. The molecule has 76 valence electrons. The van der Waals surface area contributed by atoms with Crippen LogP contribution in [0.2, 0.25) is 0 Å². The topological polar surface area (TPSA) is 76.0 Å². The highest BCUT2D eigenvalue weighted by atomic mass is 16.7. The maximum atomic E-state index is 10.8. The van der Waals surface area contributed by atoms with E-state index < -0.39 is 24.0 Å². The number of hydrogen-bond acceptors (Lipinski definition) is 5. The SMILES string of the molecule is CC(C)(O)O[C@H]1CC(=O)O[C@H]1CO. The Labute approximate surface area is 76.3 Å². The molecule has 0 aromatic heterocycles. The number of carbonyl (C=O) groups excluding carboxylic acids is 1. The Balaban J connectivity index is 2.54. The predicted molar refractivity (Wildman–Crippen MR) is 42.8 cm³/mol. The normalized spacial score (nSPS) is 29.1. The third-order valence-corrected chi connectivity index (χ3v) is 1.69. The van der Waals surface area contributed by atoms with E-state index in [1.54, 1.807) is 0 Å². The second-order valence-corrected chi connectivity index (χ2v) is 3.52. The summed E-state index contributed by atoms with van der Waals surface area (Å²) in [5.41, 5.74) is 0. The number of carbonyl (C=O) groups is 1. The van der Waals surface area contributed by atoms with E-state index >= 15 is 0 Å². The first kappa shape index (κ1) is 10.4. The van der Waals surface area contributed by atoms with Gasteiger partial charge < -0.3 is 19.7 Å². The maximum Gasteiger partial charge on any atom is 0.309 e. The first-order valence-corrected chi connectivity index (χ1v) is 4.13. The Morgan fingerprint density at radius 3 is 2.77 bits per heavy atom. The summed E-state index contributed by atoms with van der Waals surface area (Å²) in [6, 6.07) is 0. The molecular weight excluding hydrogens is 176 g/mol. The van der Waals surface area contributed by atoms with Gasteiger partial charge in [0.15, 0.2) is 11.9 Å². The number of aliphatic hydroxyl groups is 2. The number of esters is 1. The molecule has 1 heterocycles. The van der Waals surface area contributed by atoms with Gasteiger partial charge in [-0.3, -0.25) is 4.79 Å². The molecule has 0 radical (unpaired) electrons. The van der Waals surface area contributed by atoms with Crippen molar-refractivity contribution in [2.24, 2.45) is 0 Å². The number of cyclic esters (lactones) is 1. The lowest BCUT2D eigenvalue weighted by Gasteiger charge is -2.24. The minimum Gasteiger partial charge on any atom is -0.457 e. The monoisotopic (exact) mass is 190 g/mol. The number of aliphatic hydroxyl groups excluding tert-OH is 1. The average molecular weight is 190 g/mol. The average Bonchev–Trinajstić information content (AvgIpc) is 2.27. The summed E-state index contributed by atoms with van der Waals surface area (Å²) in [7, 11) is 0. The fraction of sp³-hybridized carbons (Fsp3) is 0.875. The molecule has 0 unspecified atom stereocenters. The molecule has 0 aliphatic carbocycles. The summed E-state index contributed by atoms with van der Waals surface area (Å²) < 4.78 is 9.87. The van der Waals surface area contributed by atoms with Gasteiger partial charge >= 0.3 is 5.97 Å². The molecule has 1 aliphatic heterocycles. The fourth-order valence-electron chi connectivity index (χ4n) is 1.23. The van der Waals surface area contributed by atoms with Gasteiger partial charge in [0.25, 0.3) is 0 Å². The first-order valence-electron chi connectivity index (χ1n) is 4.13. The summed E-state index contributed by atoms with van der Waals surface area (Å²) >= 11 is 0. The second-order valence-electron chi connectivity index (χ2n) is 3.52. The first-order chi connectivity index (χ1) is 5.92. The van der Waals surface area contributed by atoms with Crippen molar-refractivity contribution in [2.75, 3.05) is 6.61 Å². The van der Waals surface area contributed by atoms with Crippen molar-refractivity contribution in [3.63, 3.8) is 0 Å². The molecule has 1 aliphatic rings. The van der Waals surface area contributed by atoms with Crippen LogP contribution in [0.5, 0.6) is 0 Å². The van der Waals surface area contributed by atoms with Crippen molar-refractivity contribution in [2.45, 2.75) is 38.3 Å². The maximum absolute atomic E-state index is 10.8. The van der Waals surface area contributed by atoms with Crippen LogP contribution >= 0.6 is 0 Å². The van der Waals surface area contributed by atoms with Gasteiger partial charge in [-0.25, -0.2) is 0 Å². The van der Waals surface area contributed by atoms with Crippen LogP contribution in [0.15, 0.2) is 0 Å². The summed E-state index contributed by atoms with van der Waals surface area (Å²) in [4.78, 5) is 10.8. The molecule has 0 aromatic carbocycles. The third kappa shape index (κ3) is 2.95. The predicted octanol–water partition coefficient (Wildman–Crippen LogP) is -0.592. The number of hydrogen-bond donors (Lipinski definition) is 2. The molecule has 13 heavy (non-hydrogen) atoms. The summed E-state index contributed by atoms with van der Waals surface area (Å²) in [6.07, 6.45) is -1.13. The molecule has 1 rings (SSSR count). The summed E-state index contributed by atoms with van der Waals surface area (Å²) in [6.45, 7) is 2.64. The quantitative estimate of drug-likeness (QED) is 0.459. The minimum atomic E-state index is -1.31. The molecule has 1 saturated heterocycles. The number of ether oxygens (including phenoxy) is 2. The van der Waals surface area contributed by atoms with Crippen LogP contribution in [0, 0.1) is 0 Å². The Kier molecular flexibility index (Phi) is 2.90. The molecule has 5 nitrogen and oxygen atoms in total. The van der Waals surface area contributed by atoms with Crippen molar-refractivity contribution >= 4 is 5.97 Å². The van der Waals surface area contributed by atoms with Crippen LogP contribution in [-0.2, 0) is 14.3 Å². The van der Waals surface area contributed by atoms with Gasteiger partial charge in [-0.05, 0) is 13.8 Å². The summed E-state index contributed by atoms with van der Waals surface area (Å²) in [5, 5.41) is 18.1. The van der Waals surface area contributed by atoms with Gasteiger partial charge in [0.05, 0.1) is 13.0 Å². The molecule has 0 amide bonds. The number of rotatable bonds is 3. The van der Waals surface area contributed by atoms with Crippen molar-refractivity contribution < 1.29 is 24.5 Å². The van der Waals surface area contributed by atoms with Gasteiger partial charge in [-0.15, -0.1) is 0 Å². The Hall–Kier alpha value is -0.650. The highest BCUT2D eigenvalue weighted by molar-refractivity contribution is 5.72. The van der Waals surface area contributed by atoms with E-state index in [4.69, 9.17) is 14.6 Å². The molecule has 0 bridgehead atoms. The van der Waals surface area contributed by atoms with Crippen molar-refractivity contribution in [1.82, 2.24) is 0 Å². The van der Waals surface area contributed by atoms with E-state index in [0.29, 0.717) is 0 Å². The van der Waals surface area contributed by atoms with Crippen LogP contribution in [-0.4, -0.2) is 40.8 Å². The molecule has 0 saturated carbocycles. The van der Waals surface area contributed by atoms with Crippen LogP contribution in [0.4, 0.5) is 0 Å². The molecular formula is C8H14O5. The third-order valence-electron chi connectivity index (χ3n) is 1.69. The minimum absolute atomic E-state index is 0.0786. The fourth-order valence-corrected chi connectivity index (χ4v) is 1.23. The van der Waals surface area contributed by atoms with Crippen LogP contribution in [0.25, 0.3) is 0 Å². The van der Waals surface area contributed by atoms with E-state index in [1.165, 1.54) is 13.8 Å². The standard InChI is InChI=1S/C8H14O5/c1-8(2,11)13-5-3-7(10)12-6(5)4-9/h5-6,9,11H,3-4H2,1-2H3/t5-,6-/m0/s1. The lowest BCUT2D eigenvalue weighted by molar-refractivity contribution is -0.216. The molecule has 0 aromatic rings. The molecule has 5 heteroatoms. The van der Waals surface area contributed by atoms with Gasteiger partial charge in [0.1, 0.15) is 6.10 Å². The highest BCUT2D eigenvalue weighted by Crippen LogP contribution is 2.22. The van der Waals surface area contributed by atoms with Crippen LogP contribution in [0.1, 0.15) is 20.3 Å². The molecule has 1 fully saturated rings.